The summed E-state index contributed by atoms with van der Waals surface area (Å²) in [6, 6.07) is 26.2. The number of para-hydroxylation sites is 1. The van der Waals surface area contributed by atoms with Crippen LogP contribution in [0.1, 0.15) is 25.3 Å². The fraction of sp³-hybridized carbons (Fsp3) is 0.207. The standard InChI is InChI=1S/C29H29NOSi/c1-19(2)21-15-16-30-27(17-21)26-8-6-7-25-24-14-11-22(18-28(24)31-29(25)26)20-9-12-23(13-10-20)32(3,4)5/h6-19H,1-5H3. The number of fused-ring (bicyclic) bond motifs is 3. The predicted molar refractivity (Wildman–Crippen MR) is 139 cm³/mol. The van der Waals surface area contributed by atoms with Gasteiger partial charge in [0.05, 0.1) is 13.8 Å². The third kappa shape index (κ3) is 3.67. The van der Waals surface area contributed by atoms with Gasteiger partial charge in [-0.05, 0) is 52.9 Å². The lowest BCUT2D eigenvalue weighted by Gasteiger charge is -2.16. The van der Waals surface area contributed by atoms with Gasteiger partial charge < -0.3 is 4.42 Å². The molecule has 0 aliphatic heterocycles. The van der Waals surface area contributed by atoms with E-state index in [0.717, 1.165) is 33.2 Å². The van der Waals surface area contributed by atoms with E-state index in [4.69, 9.17) is 4.42 Å². The van der Waals surface area contributed by atoms with Crippen LogP contribution in [0.5, 0.6) is 0 Å². The van der Waals surface area contributed by atoms with Crippen LogP contribution in [0.2, 0.25) is 19.6 Å². The number of hydrogen-bond donors (Lipinski definition) is 0. The van der Waals surface area contributed by atoms with Crippen LogP contribution in [0, 0.1) is 0 Å². The largest absolute Gasteiger partial charge is 0.455 e. The number of hydrogen-bond acceptors (Lipinski definition) is 2. The molecule has 0 unspecified atom stereocenters. The molecule has 160 valence electrons. The molecule has 32 heavy (non-hydrogen) atoms. The highest BCUT2D eigenvalue weighted by Gasteiger charge is 2.17. The predicted octanol–water partition coefficient (Wildman–Crippen LogP) is 7.98. The van der Waals surface area contributed by atoms with Crippen LogP contribution in [-0.4, -0.2) is 13.1 Å². The monoisotopic (exact) mass is 435 g/mol. The van der Waals surface area contributed by atoms with E-state index in [1.165, 1.54) is 21.9 Å². The maximum absolute atomic E-state index is 6.45. The molecule has 0 aliphatic rings. The molecule has 2 nitrogen and oxygen atoms in total. The molecular formula is C29H29NOSi. The average molecular weight is 436 g/mol. The maximum Gasteiger partial charge on any atom is 0.144 e. The van der Waals surface area contributed by atoms with Crippen LogP contribution in [0.3, 0.4) is 0 Å². The van der Waals surface area contributed by atoms with E-state index < -0.39 is 8.07 Å². The van der Waals surface area contributed by atoms with Gasteiger partial charge in [0.2, 0.25) is 0 Å². The van der Waals surface area contributed by atoms with Gasteiger partial charge in [-0.2, -0.15) is 0 Å². The molecular weight excluding hydrogens is 406 g/mol. The smallest absolute Gasteiger partial charge is 0.144 e. The quantitative estimate of drug-likeness (QED) is 0.267. The molecule has 0 N–H and O–H groups in total. The number of pyridine rings is 1. The number of furan rings is 1. The summed E-state index contributed by atoms with van der Waals surface area (Å²) in [7, 11) is -1.30. The first-order chi connectivity index (χ1) is 15.3. The molecule has 0 atom stereocenters. The Morgan fingerprint density at radius 1 is 0.781 bits per heavy atom. The second-order valence-electron chi connectivity index (χ2n) is 9.95. The topological polar surface area (TPSA) is 26.0 Å². The highest BCUT2D eigenvalue weighted by molar-refractivity contribution is 6.88. The molecule has 0 fully saturated rings. The fourth-order valence-electron chi connectivity index (χ4n) is 4.30. The molecule has 0 aliphatic carbocycles. The van der Waals surface area contributed by atoms with Crippen LogP contribution in [0.25, 0.3) is 44.3 Å². The van der Waals surface area contributed by atoms with E-state index in [0.29, 0.717) is 5.92 Å². The third-order valence-electron chi connectivity index (χ3n) is 6.31. The van der Waals surface area contributed by atoms with E-state index in [2.05, 4.69) is 111 Å². The summed E-state index contributed by atoms with van der Waals surface area (Å²) in [6.45, 7) is 11.6. The minimum Gasteiger partial charge on any atom is -0.455 e. The van der Waals surface area contributed by atoms with Crippen molar-refractivity contribution in [1.82, 2.24) is 4.98 Å². The third-order valence-corrected chi connectivity index (χ3v) is 8.38. The van der Waals surface area contributed by atoms with Gasteiger partial charge in [0, 0.05) is 22.5 Å². The molecule has 2 aromatic heterocycles. The number of aromatic nitrogens is 1. The lowest BCUT2D eigenvalue weighted by Crippen LogP contribution is -2.37. The van der Waals surface area contributed by atoms with Crippen LogP contribution in [0.4, 0.5) is 0 Å². The highest BCUT2D eigenvalue weighted by atomic mass is 28.3. The van der Waals surface area contributed by atoms with Gasteiger partial charge in [-0.25, -0.2) is 0 Å². The minimum absolute atomic E-state index is 0.460. The van der Waals surface area contributed by atoms with E-state index >= 15 is 0 Å². The molecule has 0 bridgehead atoms. The molecule has 0 radical (unpaired) electrons. The highest BCUT2D eigenvalue weighted by Crippen LogP contribution is 2.37. The molecule has 0 saturated carbocycles. The van der Waals surface area contributed by atoms with Crippen molar-refractivity contribution in [3.8, 4) is 22.4 Å². The van der Waals surface area contributed by atoms with Crippen molar-refractivity contribution in [2.75, 3.05) is 0 Å². The Hall–Kier alpha value is -3.17. The molecule has 5 aromatic rings. The number of rotatable bonds is 4. The summed E-state index contributed by atoms with van der Waals surface area (Å²) in [5.41, 5.74) is 7.51. The summed E-state index contributed by atoms with van der Waals surface area (Å²) in [6.07, 6.45) is 1.90. The Morgan fingerprint density at radius 2 is 1.53 bits per heavy atom. The second kappa shape index (κ2) is 7.75. The van der Waals surface area contributed by atoms with Gasteiger partial charge in [-0.1, -0.05) is 81.1 Å². The molecule has 5 rings (SSSR count). The van der Waals surface area contributed by atoms with Crippen molar-refractivity contribution in [2.45, 2.75) is 39.4 Å². The summed E-state index contributed by atoms with van der Waals surface area (Å²) in [5, 5.41) is 3.76. The van der Waals surface area contributed by atoms with Crippen molar-refractivity contribution in [3.63, 3.8) is 0 Å². The van der Waals surface area contributed by atoms with E-state index in [-0.39, 0.29) is 0 Å². The zero-order valence-corrected chi connectivity index (χ0v) is 20.4. The van der Waals surface area contributed by atoms with Crippen molar-refractivity contribution in [3.05, 3.63) is 84.6 Å². The van der Waals surface area contributed by atoms with E-state index in [1.54, 1.807) is 0 Å². The summed E-state index contributed by atoms with van der Waals surface area (Å²) in [4.78, 5) is 4.65. The van der Waals surface area contributed by atoms with Crippen molar-refractivity contribution in [1.29, 1.82) is 0 Å². The molecule has 0 saturated heterocycles. The van der Waals surface area contributed by atoms with E-state index in [1.807, 2.05) is 6.20 Å². The lowest BCUT2D eigenvalue weighted by molar-refractivity contribution is 0.670. The van der Waals surface area contributed by atoms with Gasteiger partial charge >= 0.3 is 0 Å². The Labute approximate surface area is 190 Å². The van der Waals surface area contributed by atoms with Gasteiger partial charge in [0.1, 0.15) is 11.2 Å². The summed E-state index contributed by atoms with van der Waals surface area (Å²) in [5.74, 6) is 0.460. The van der Waals surface area contributed by atoms with Crippen molar-refractivity contribution >= 4 is 35.2 Å². The Kier molecular flexibility index (Phi) is 5.02. The molecule has 3 aromatic carbocycles. The zero-order valence-electron chi connectivity index (χ0n) is 19.4. The SMILES string of the molecule is CC(C)c1ccnc(-c2cccc3c2oc2cc(-c4ccc([Si](C)(C)C)cc4)ccc23)c1. The molecule has 3 heteroatoms. The first-order valence-electron chi connectivity index (χ1n) is 11.3. The Balaban J connectivity index is 1.62. The summed E-state index contributed by atoms with van der Waals surface area (Å²) >= 11 is 0. The van der Waals surface area contributed by atoms with Crippen molar-refractivity contribution < 1.29 is 4.42 Å². The first-order valence-corrected chi connectivity index (χ1v) is 14.8. The van der Waals surface area contributed by atoms with Crippen LogP contribution >= 0.6 is 0 Å². The fourth-order valence-corrected chi connectivity index (χ4v) is 5.46. The number of nitrogens with zero attached hydrogens (tertiary/aromatic N) is 1. The Bertz CT molecular complexity index is 1420. The molecule has 2 heterocycles. The minimum atomic E-state index is -1.30. The van der Waals surface area contributed by atoms with Crippen LogP contribution in [-0.2, 0) is 0 Å². The van der Waals surface area contributed by atoms with Gasteiger partial charge in [-0.3, -0.25) is 4.98 Å². The number of benzene rings is 3. The maximum atomic E-state index is 6.45. The van der Waals surface area contributed by atoms with Crippen molar-refractivity contribution in [2.24, 2.45) is 0 Å². The van der Waals surface area contributed by atoms with Gasteiger partial charge in [0.25, 0.3) is 0 Å². The summed E-state index contributed by atoms with van der Waals surface area (Å²) < 4.78 is 6.45. The Morgan fingerprint density at radius 3 is 2.25 bits per heavy atom. The first kappa shape index (κ1) is 20.7. The van der Waals surface area contributed by atoms with Gasteiger partial charge in [-0.15, -0.1) is 0 Å². The lowest BCUT2D eigenvalue weighted by atomic mass is 10.00. The van der Waals surface area contributed by atoms with Gasteiger partial charge in [0.15, 0.2) is 0 Å². The zero-order chi connectivity index (χ0) is 22.5. The molecule has 0 spiro atoms. The van der Waals surface area contributed by atoms with E-state index in [9.17, 15) is 0 Å². The van der Waals surface area contributed by atoms with Crippen LogP contribution < -0.4 is 5.19 Å². The average Bonchev–Trinajstić information content (AvgIpc) is 3.16. The second-order valence-corrected chi connectivity index (χ2v) is 15.0. The molecule has 0 amide bonds. The normalized spacial score (nSPS) is 12.2. The van der Waals surface area contributed by atoms with Crippen LogP contribution in [0.15, 0.2) is 83.4 Å².